The number of hydrogen-bond donors (Lipinski definition) is 0. The van der Waals surface area contributed by atoms with E-state index in [0.717, 1.165) is 0 Å². The van der Waals surface area contributed by atoms with Crippen molar-refractivity contribution < 1.29 is 23.0 Å². The molecule has 0 N–H and O–H groups in total. The van der Waals surface area contributed by atoms with Gasteiger partial charge in [0, 0.05) is 13.0 Å². The molecule has 0 spiro atoms. The predicted molar refractivity (Wildman–Crippen MR) is 60.6 cm³/mol. The second-order valence-electron chi connectivity index (χ2n) is 4.19. The van der Waals surface area contributed by atoms with E-state index < -0.39 is 24.6 Å². The van der Waals surface area contributed by atoms with Gasteiger partial charge < -0.3 is 9.47 Å². The topological polar surface area (TPSA) is 35.5 Å². The van der Waals surface area contributed by atoms with E-state index in [2.05, 4.69) is 0 Å². The molecule has 0 radical (unpaired) electrons. The van der Waals surface area contributed by atoms with Crippen LogP contribution < -0.4 is 0 Å². The minimum Gasteiger partial charge on any atom is -0.459 e. The molecule has 98 valence electrons. The maximum atomic E-state index is 13.4. The summed E-state index contributed by atoms with van der Waals surface area (Å²) < 4.78 is 36.6. The summed E-state index contributed by atoms with van der Waals surface area (Å²) in [4.78, 5) is 11.6. The number of esters is 1. The average Bonchev–Trinajstić information content (AvgIpc) is 2.38. The Morgan fingerprint density at radius 2 is 2.11 bits per heavy atom. The molecule has 2 rings (SSSR count). The minimum absolute atomic E-state index is 0.222. The van der Waals surface area contributed by atoms with E-state index in [1.54, 1.807) is 30.3 Å². The highest BCUT2D eigenvalue weighted by Crippen LogP contribution is 2.31. The third-order valence-corrected chi connectivity index (χ3v) is 2.82. The predicted octanol–water partition coefficient (Wildman–Crippen LogP) is 2.66. The minimum atomic E-state index is -2.92. The number of carbonyl (C=O) groups excluding carboxylic acids is 1. The Balaban J connectivity index is 1.90. The van der Waals surface area contributed by atoms with Gasteiger partial charge >= 0.3 is 5.97 Å². The second-order valence-corrected chi connectivity index (χ2v) is 4.19. The van der Waals surface area contributed by atoms with Gasteiger partial charge in [0.2, 0.25) is 0 Å². The van der Waals surface area contributed by atoms with Gasteiger partial charge in [0.1, 0.15) is 6.61 Å². The molecule has 1 fully saturated rings. The zero-order valence-electron chi connectivity index (χ0n) is 9.77. The van der Waals surface area contributed by atoms with E-state index in [1.165, 1.54) is 0 Å². The molecule has 3 nitrogen and oxygen atoms in total. The van der Waals surface area contributed by atoms with Gasteiger partial charge in [0.25, 0.3) is 5.92 Å². The van der Waals surface area contributed by atoms with Crippen LogP contribution in [-0.4, -0.2) is 31.2 Å². The third-order valence-electron chi connectivity index (χ3n) is 2.82. The SMILES string of the molecule is O=C(OC[C@H]1OCCCC1(F)F)c1ccccc1. The molecule has 1 aromatic carbocycles. The lowest BCUT2D eigenvalue weighted by Crippen LogP contribution is -2.43. The molecule has 1 saturated heterocycles. The molecule has 0 unspecified atom stereocenters. The van der Waals surface area contributed by atoms with Crippen molar-refractivity contribution in [3.05, 3.63) is 35.9 Å². The summed E-state index contributed by atoms with van der Waals surface area (Å²) in [5.41, 5.74) is 0.344. The first-order valence-corrected chi connectivity index (χ1v) is 5.81. The first-order chi connectivity index (χ1) is 8.59. The number of halogens is 2. The standard InChI is InChI=1S/C13H14F2O3/c14-13(15)7-4-8-17-11(13)9-18-12(16)10-5-2-1-3-6-10/h1-3,5-6,11H,4,7-9H2/t11-/m1/s1. The van der Waals surface area contributed by atoms with Crippen molar-refractivity contribution >= 4 is 5.97 Å². The fourth-order valence-electron chi connectivity index (χ4n) is 1.80. The number of carbonyl (C=O) groups is 1. The van der Waals surface area contributed by atoms with Crippen molar-refractivity contribution in [3.63, 3.8) is 0 Å². The highest BCUT2D eigenvalue weighted by atomic mass is 19.3. The lowest BCUT2D eigenvalue weighted by molar-refractivity contribution is -0.183. The fourth-order valence-corrected chi connectivity index (χ4v) is 1.80. The first kappa shape index (κ1) is 13.0. The number of rotatable bonds is 3. The summed E-state index contributed by atoms with van der Waals surface area (Å²) in [7, 11) is 0. The van der Waals surface area contributed by atoms with E-state index in [4.69, 9.17) is 9.47 Å². The van der Waals surface area contributed by atoms with Crippen molar-refractivity contribution in [1.29, 1.82) is 0 Å². The van der Waals surface area contributed by atoms with Gasteiger partial charge in [0.15, 0.2) is 6.10 Å². The van der Waals surface area contributed by atoms with Gasteiger partial charge in [0.05, 0.1) is 5.56 Å². The van der Waals surface area contributed by atoms with Gasteiger partial charge in [-0.05, 0) is 18.6 Å². The smallest absolute Gasteiger partial charge is 0.338 e. The van der Waals surface area contributed by atoms with Crippen LogP contribution in [0.25, 0.3) is 0 Å². The summed E-state index contributed by atoms with van der Waals surface area (Å²) >= 11 is 0. The average molecular weight is 256 g/mol. The maximum Gasteiger partial charge on any atom is 0.338 e. The molecule has 0 aliphatic carbocycles. The molecule has 1 atom stereocenters. The molecule has 18 heavy (non-hydrogen) atoms. The molecule has 0 aromatic heterocycles. The van der Waals surface area contributed by atoms with E-state index in [-0.39, 0.29) is 13.0 Å². The van der Waals surface area contributed by atoms with Crippen LogP contribution in [-0.2, 0) is 9.47 Å². The maximum absolute atomic E-state index is 13.4. The lowest BCUT2D eigenvalue weighted by Gasteiger charge is -2.30. The fraction of sp³-hybridized carbons (Fsp3) is 0.462. The molecule has 1 aliphatic rings. The second kappa shape index (κ2) is 5.44. The highest BCUT2D eigenvalue weighted by Gasteiger charge is 2.43. The number of ether oxygens (including phenoxy) is 2. The van der Waals surface area contributed by atoms with Gasteiger partial charge in [-0.25, -0.2) is 13.6 Å². The van der Waals surface area contributed by atoms with Crippen molar-refractivity contribution in [2.75, 3.05) is 13.2 Å². The summed E-state index contributed by atoms with van der Waals surface area (Å²) in [5.74, 6) is -3.53. The Hall–Kier alpha value is -1.49. The molecular weight excluding hydrogens is 242 g/mol. The van der Waals surface area contributed by atoms with Crippen molar-refractivity contribution in [2.45, 2.75) is 24.9 Å². The van der Waals surface area contributed by atoms with Crippen LogP contribution in [0.1, 0.15) is 23.2 Å². The molecule has 0 amide bonds. The third kappa shape index (κ3) is 3.04. The van der Waals surface area contributed by atoms with Crippen molar-refractivity contribution in [3.8, 4) is 0 Å². The summed E-state index contributed by atoms with van der Waals surface area (Å²) in [6.07, 6.45) is -1.23. The van der Waals surface area contributed by atoms with Crippen LogP contribution in [0.3, 0.4) is 0 Å². The molecule has 0 saturated carbocycles. The summed E-state index contributed by atoms with van der Waals surface area (Å²) in [6, 6.07) is 8.27. The zero-order chi connectivity index (χ0) is 13.0. The van der Waals surface area contributed by atoms with Gasteiger partial charge in [-0.2, -0.15) is 0 Å². The normalized spacial score (nSPS) is 22.4. The van der Waals surface area contributed by atoms with Crippen LogP contribution in [0.5, 0.6) is 0 Å². The van der Waals surface area contributed by atoms with E-state index in [1.807, 2.05) is 0 Å². The monoisotopic (exact) mass is 256 g/mol. The molecular formula is C13H14F2O3. The van der Waals surface area contributed by atoms with Gasteiger partial charge in [-0.3, -0.25) is 0 Å². The molecule has 1 heterocycles. The first-order valence-electron chi connectivity index (χ1n) is 5.81. The lowest BCUT2D eigenvalue weighted by atomic mass is 10.1. The van der Waals surface area contributed by atoms with Crippen molar-refractivity contribution in [1.82, 2.24) is 0 Å². The van der Waals surface area contributed by atoms with E-state index >= 15 is 0 Å². The highest BCUT2D eigenvalue weighted by molar-refractivity contribution is 5.89. The molecule has 1 aliphatic heterocycles. The molecule has 5 heteroatoms. The summed E-state index contributed by atoms with van der Waals surface area (Å²) in [5, 5.41) is 0. The Bertz CT molecular complexity index is 406. The Labute approximate surface area is 104 Å². The van der Waals surface area contributed by atoms with Crippen LogP contribution in [0.2, 0.25) is 0 Å². The Morgan fingerprint density at radius 3 is 2.78 bits per heavy atom. The molecule has 1 aromatic rings. The zero-order valence-corrected chi connectivity index (χ0v) is 9.77. The quantitative estimate of drug-likeness (QED) is 0.780. The number of hydrogen-bond acceptors (Lipinski definition) is 3. The molecule has 0 bridgehead atoms. The Morgan fingerprint density at radius 1 is 1.39 bits per heavy atom. The van der Waals surface area contributed by atoms with Crippen LogP contribution in [0.4, 0.5) is 8.78 Å². The van der Waals surface area contributed by atoms with E-state index in [0.29, 0.717) is 12.0 Å². The summed E-state index contributed by atoms with van der Waals surface area (Å²) in [6.45, 7) is -0.135. The Kier molecular flexibility index (Phi) is 3.91. The van der Waals surface area contributed by atoms with Gasteiger partial charge in [-0.15, -0.1) is 0 Å². The van der Waals surface area contributed by atoms with Crippen molar-refractivity contribution in [2.24, 2.45) is 0 Å². The van der Waals surface area contributed by atoms with Gasteiger partial charge in [-0.1, -0.05) is 18.2 Å². The largest absolute Gasteiger partial charge is 0.459 e. The van der Waals surface area contributed by atoms with Crippen LogP contribution in [0.15, 0.2) is 30.3 Å². The van der Waals surface area contributed by atoms with E-state index in [9.17, 15) is 13.6 Å². The van der Waals surface area contributed by atoms with Crippen LogP contribution >= 0.6 is 0 Å². The number of alkyl halides is 2. The number of benzene rings is 1. The van der Waals surface area contributed by atoms with Crippen LogP contribution in [0, 0.1) is 0 Å².